The average Bonchev–Trinajstić information content (AvgIpc) is 2.72. The second-order valence-corrected chi connectivity index (χ2v) is 5.54. The van der Waals surface area contributed by atoms with Crippen LogP contribution in [0.15, 0.2) is 18.2 Å². The lowest BCUT2D eigenvalue weighted by molar-refractivity contribution is -0.118. The molecule has 0 aliphatic carbocycles. The molecule has 1 aromatic carbocycles. The summed E-state index contributed by atoms with van der Waals surface area (Å²) < 4.78 is 5.40. The Morgan fingerprint density at radius 1 is 1.30 bits per heavy atom. The maximum Gasteiger partial charge on any atom is 0.248 e. The predicted molar refractivity (Wildman–Crippen MR) is 79.0 cm³/mol. The summed E-state index contributed by atoms with van der Waals surface area (Å²) in [7, 11) is 3.56. The normalized spacial score (nSPS) is 23.4. The van der Waals surface area contributed by atoms with Crippen molar-refractivity contribution in [3.63, 3.8) is 0 Å². The Balaban J connectivity index is 1.82. The number of amides is 1. The highest BCUT2D eigenvalue weighted by Gasteiger charge is 2.33. The van der Waals surface area contributed by atoms with Gasteiger partial charge in [0.1, 0.15) is 6.04 Å². The van der Waals surface area contributed by atoms with Crippen molar-refractivity contribution in [2.24, 2.45) is 5.73 Å². The molecule has 1 aromatic rings. The lowest BCUT2D eigenvalue weighted by Gasteiger charge is -2.33. The first-order valence-electron chi connectivity index (χ1n) is 7.06. The number of hydrogen-bond acceptors (Lipinski definition) is 4. The van der Waals surface area contributed by atoms with Crippen LogP contribution in [0.25, 0.3) is 0 Å². The van der Waals surface area contributed by atoms with Gasteiger partial charge in [-0.3, -0.25) is 4.79 Å². The highest BCUT2D eigenvalue weighted by Crippen LogP contribution is 2.36. The Labute approximate surface area is 119 Å². The number of anilines is 2. The van der Waals surface area contributed by atoms with Gasteiger partial charge in [-0.1, -0.05) is 6.07 Å². The highest BCUT2D eigenvalue weighted by atomic mass is 16.5. The fourth-order valence-corrected chi connectivity index (χ4v) is 3.09. The third-order valence-corrected chi connectivity index (χ3v) is 4.45. The van der Waals surface area contributed by atoms with Gasteiger partial charge in [0.2, 0.25) is 5.91 Å². The van der Waals surface area contributed by atoms with Crippen LogP contribution in [0.4, 0.5) is 11.4 Å². The van der Waals surface area contributed by atoms with E-state index in [2.05, 4.69) is 17.0 Å². The van der Waals surface area contributed by atoms with Crippen LogP contribution < -0.4 is 15.5 Å². The minimum absolute atomic E-state index is 0.0322. The predicted octanol–water partition coefficient (Wildman–Crippen LogP) is 1.28. The third-order valence-electron chi connectivity index (χ3n) is 4.45. The molecule has 108 valence electrons. The fraction of sp³-hybridized carbons (Fsp3) is 0.533. The summed E-state index contributed by atoms with van der Waals surface area (Å²) in [6.07, 6.45) is 2.46. The summed E-state index contributed by atoms with van der Waals surface area (Å²) >= 11 is 0. The van der Waals surface area contributed by atoms with E-state index in [0.29, 0.717) is 6.10 Å². The number of nitrogens with two attached hydrogens (primary N) is 1. The number of hydrogen-bond donors (Lipinski definition) is 1. The number of carbonyl (C=O) groups excluding carboxylic acids is 1. The molecular formula is C15H21N3O2. The standard InChI is InChI=1S/C15H21N3O2/c1-17-13-9-10(3-4-12(13)14(16)15(17)19)18-7-5-11(20-2)6-8-18/h3-4,9,11,14H,5-8,16H2,1-2H3. The molecule has 2 aliphatic heterocycles. The number of benzene rings is 1. The van der Waals surface area contributed by atoms with Crippen LogP contribution in [-0.2, 0) is 9.53 Å². The summed E-state index contributed by atoms with van der Waals surface area (Å²) in [5, 5.41) is 0. The van der Waals surface area contributed by atoms with Gasteiger partial charge in [0, 0.05) is 38.5 Å². The molecule has 1 fully saturated rings. The molecule has 1 amide bonds. The molecular weight excluding hydrogens is 254 g/mol. The van der Waals surface area contributed by atoms with Crippen molar-refractivity contribution in [2.75, 3.05) is 37.0 Å². The van der Waals surface area contributed by atoms with Crippen LogP contribution in [0.5, 0.6) is 0 Å². The number of fused-ring (bicyclic) bond motifs is 1. The van der Waals surface area contributed by atoms with Gasteiger partial charge in [0.25, 0.3) is 0 Å². The van der Waals surface area contributed by atoms with E-state index in [1.54, 1.807) is 19.1 Å². The molecule has 2 N–H and O–H groups in total. The topological polar surface area (TPSA) is 58.8 Å². The summed E-state index contributed by atoms with van der Waals surface area (Å²) in [6, 6.07) is 5.62. The maximum atomic E-state index is 11.9. The van der Waals surface area contributed by atoms with Crippen molar-refractivity contribution in [2.45, 2.75) is 25.0 Å². The second kappa shape index (κ2) is 5.07. The summed E-state index contributed by atoms with van der Waals surface area (Å²) in [5.74, 6) is -0.0322. The highest BCUT2D eigenvalue weighted by molar-refractivity contribution is 6.04. The van der Waals surface area contributed by atoms with Crippen LogP contribution in [-0.4, -0.2) is 39.3 Å². The number of likely N-dealkylation sites (N-methyl/N-ethyl adjacent to an activating group) is 1. The van der Waals surface area contributed by atoms with E-state index in [9.17, 15) is 4.79 Å². The molecule has 2 aliphatic rings. The van der Waals surface area contributed by atoms with Gasteiger partial charge in [0.15, 0.2) is 0 Å². The van der Waals surface area contributed by atoms with E-state index in [1.807, 2.05) is 6.07 Å². The lowest BCUT2D eigenvalue weighted by Crippen LogP contribution is -2.36. The molecule has 5 heteroatoms. The molecule has 20 heavy (non-hydrogen) atoms. The van der Waals surface area contributed by atoms with Crippen molar-refractivity contribution in [1.29, 1.82) is 0 Å². The van der Waals surface area contributed by atoms with Crippen molar-refractivity contribution in [3.8, 4) is 0 Å². The van der Waals surface area contributed by atoms with Gasteiger partial charge in [-0.2, -0.15) is 0 Å². The van der Waals surface area contributed by atoms with Crippen LogP contribution in [0.1, 0.15) is 24.4 Å². The lowest BCUT2D eigenvalue weighted by atomic mass is 10.0. The van der Waals surface area contributed by atoms with E-state index >= 15 is 0 Å². The summed E-state index contributed by atoms with van der Waals surface area (Å²) in [5.41, 5.74) is 8.95. The number of rotatable bonds is 2. The molecule has 0 bridgehead atoms. The molecule has 2 heterocycles. The molecule has 3 rings (SSSR count). The Morgan fingerprint density at radius 2 is 2.00 bits per heavy atom. The maximum absolute atomic E-state index is 11.9. The first-order chi connectivity index (χ1) is 9.61. The molecule has 0 aromatic heterocycles. The number of ether oxygens (including phenoxy) is 1. The van der Waals surface area contributed by atoms with Crippen LogP contribution >= 0.6 is 0 Å². The van der Waals surface area contributed by atoms with Crippen molar-refractivity contribution < 1.29 is 9.53 Å². The van der Waals surface area contributed by atoms with Gasteiger partial charge in [-0.25, -0.2) is 0 Å². The largest absolute Gasteiger partial charge is 0.381 e. The molecule has 0 saturated carbocycles. The van der Waals surface area contributed by atoms with E-state index < -0.39 is 6.04 Å². The van der Waals surface area contributed by atoms with Gasteiger partial charge >= 0.3 is 0 Å². The van der Waals surface area contributed by atoms with E-state index in [-0.39, 0.29) is 5.91 Å². The van der Waals surface area contributed by atoms with Crippen LogP contribution in [0.3, 0.4) is 0 Å². The molecule has 1 unspecified atom stereocenters. The molecule has 1 saturated heterocycles. The first-order valence-corrected chi connectivity index (χ1v) is 7.06. The number of nitrogens with zero attached hydrogens (tertiary/aromatic N) is 2. The minimum Gasteiger partial charge on any atom is -0.381 e. The quantitative estimate of drug-likeness (QED) is 0.883. The van der Waals surface area contributed by atoms with Gasteiger partial charge in [-0.15, -0.1) is 0 Å². The molecule has 0 radical (unpaired) electrons. The molecule has 5 nitrogen and oxygen atoms in total. The van der Waals surface area contributed by atoms with Gasteiger partial charge in [-0.05, 0) is 25.0 Å². The van der Waals surface area contributed by atoms with E-state index in [4.69, 9.17) is 10.5 Å². The summed E-state index contributed by atoms with van der Waals surface area (Å²) in [6.45, 7) is 1.97. The SMILES string of the molecule is COC1CCN(c2ccc3c(c2)N(C)C(=O)C3N)CC1. The Kier molecular flexibility index (Phi) is 3.40. The zero-order valence-electron chi connectivity index (χ0n) is 12.0. The number of methoxy groups -OCH3 is 1. The molecule has 1 atom stereocenters. The zero-order valence-corrected chi connectivity index (χ0v) is 12.0. The van der Waals surface area contributed by atoms with Crippen molar-refractivity contribution in [1.82, 2.24) is 0 Å². The fourth-order valence-electron chi connectivity index (χ4n) is 3.09. The Morgan fingerprint density at radius 3 is 2.65 bits per heavy atom. The van der Waals surface area contributed by atoms with Crippen LogP contribution in [0, 0.1) is 0 Å². The van der Waals surface area contributed by atoms with Gasteiger partial charge < -0.3 is 20.3 Å². The van der Waals surface area contributed by atoms with E-state index in [1.165, 1.54) is 0 Å². The Hall–Kier alpha value is -1.59. The number of piperidine rings is 1. The Bertz CT molecular complexity index is 524. The monoisotopic (exact) mass is 275 g/mol. The zero-order chi connectivity index (χ0) is 14.3. The van der Waals surface area contributed by atoms with Crippen molar-refractivity contribution in [3.05, 3.63) is 23.8 Å². The first kappa shape index (κ1) is 13.4. The molecule has 0 spiro atoms. The third kappa shape index (κ3) is 2.07. The summed E-state index contributed by atoms with van der Waals surface area (Å²) in [4.78, 5) is 15.9. The van der Waals surface area contributed by atoms with Gasteiger partial charge in [0.05, 0.1) is 11.8 Å². The minimum atomic E-state index is -0.511. The van der Waals surface area contributed by atoms with E-state index in [0.717, 1.165) is 42.9 Å². The van der Waals surface area contributed by atoms with Crippen molar-refractivity contribution >= 4 is 17.3 Å². The number of carbonyl (C=O) groups is 1. The second-order valence-electron chi connectivity index (χ2n) is 5.54. The smallest absolute Gasteiger partial charge is 0.248 e. The van der Waals surface area contributed by atoms with Crippen LogP contribution in [0.2, 0.25) is 0 Å². The average molecular weight is 275 g/mol.